The van der Waals surface area contributed by atoms with Crippen molar-refractivity contribution in [3.63, 3.8) is 0 Å². The predicted molar refractivity (Wildman–Crippen MR) is 64.1 cm³/mol. The Balaban J connectivity index is 1.80. The van der Waals surface area contributed by atoms with Crippen molar-refractivity contribution < 1.29 is 4.74 Å². The van der Waals surface area contributed by atoms with Gasteiger partial charge in [0.1, 0.15) is 0 Å². The molecule has 1 unspecified atom stereocenters. The smallest absolute Gasteiger partial charge is 0.0725 e. The Labute approximate surface area is 97.0 Å². The first-order chi connectivity index (χ1) is 7.86. The summed E-state index contributed by atoms with van der Waals surface area (Å²) in [5, 5.41) is 3.44. The highest BCUT2D eigenvalue weighted by molar-refractivity contribution is 5.34. The van der Waals surface area contributed by atoms with Crippen LogP contribution >= 0.6 is 0 Å². The van der Waals surface area contributed by atoms with Crippen LogP contribution in [0.1, 0.15) is 42.0 Å². The molecule has 1 aromatic carbocycles. The van der Waals surface area contributed by atoms with Crippen LogP contribution in [0.3, 0.4) is 0 Å². The summed E-state index contributed by atoms with van der Waals surface area (Å²) in [4.78, 5) is 0. The molecule has 3 rings (SSSR count). The average Bonchev–Trinajstić information content (AvgIpc) is 3.01. The quantitative estimate of drug-likeness (QED) is 0.837. The molecule has 1 N–H and O–H groups in total. The molecule has 0 aromatic heterocycles. The van der Waals surface area contributed by atoms with Crippen LogP contribution in [0, 0.1) is 5.92 Å². The van der Waals surface area contributed by atoms with Crippen LogP contribution in [0.5, 0.6) is 0 Å². The third-order valence-corrected chi connectivity index (χ3v) is 3.76. The zero-order chi connectivity index (χ0) is 11.0. The van der Waals surface area contributed by atoms with Crippen molar-refractivity contribution in [2.75, 3.05) is 7.05 Å². The normalized spacial score (nSPS) is 20.8. The van der Waals surface area contributed by atoms with Gasteiger partial charge in [-0.25, -0.2) is 0 Å². The number of hydrogen-bond acceptors (Lipinski definition) is 2. The molecule has 1 aliphatic carbocycles. The maximum absolute atomic E-state index is 5.46. The monoisotopic (exact) mass is 217 g/mol. The van der Waals surface area contributed by atoms with E-state index >= 15 is 0 Å². The Hall–Kier alpha value is -0.860. The van der Waals surface area contributed by atoms with Gasteiger partial charge in [0.2, 0.25) is 0 Å². The van der Waals surface area contributed by atoms with Gasteiger partial charge < -0.3 is 10.1 Å². The highest BCUT2D eigenvalue weighted by atomic mass is 16.5. The van der Waals surface area contributed by atoms with Crippen molar-refractivity contribution >= 4 is 0 Å². The Bertz CT molecular complexity index is 384. The number of hydrogen-bond donors (Lipinski definition) is 1. The van der Waals surface area contributed by atoms with E-state index in [4.69, 9.17) is 4.74 Å². The average molecular weight is 217 g/mol. The van der Waals surface area contributed by atoms with Crippen molar-refractivity contribution in [1.29, 1.82) is 0 Å². The summed E-state index contributed by atoms with van der Waals surface area (Å²) in [6.45, 7) is 1.59. The second kappa shape index (κ2) is 4.19. The van der Waals surface area contributed by atoms with Crippen LogP contribution in [0.25, 0.3) is 0 Å². The number of ether oxygens (including phenoxy) is 1. The number of fused-ring (bicyclic) bond motifs is 1. The molecular formula is C14H19NO. The lowest BCUT2D eigenvalue weighted by molar-refractivity contribution is 0.134. The van der Waals surface area contributed by atoms with E-state index in [0.29, 0.717) is 6.04 Å². The SMILES string of the molecule is CNC(CC1CC1)c1ccc2c(c1)COC2. The molecule has 0 spiro atoms. The molecule has 2 heteroatoms. The molecule has 0 radical (unpaired) electrons. The van der Waals surface area contributed by atoms with E-state index in [-0.39, 0.29) is 0 Å². The van der Waals surface area contributed by atoms with Gasteiger partial charge in [-0.3, -0.25) is 0 Å². The van der Waals surface area contributed by atoms with Crippen LogP contribution in [0.15, 0.2) is 18.2 Å². The summed E-state index contributed by atoms with van der Waals surface area (Å²) < 4.78 is 5.46. The summed E-state index contributed by atoms with van der Waals surface area (Å²) in [6.07, 6.45) is 4.13. The van der Waals surface area contributed by atoms with Crippen LogP contribution in [-0.2, 0) is 18.0 Å². The maximum Gasteiger partial charge on any atom is 0.0725 e. The summed E-state index contributed by atoms with van der Waals surface area (Å²) in [7, 11) is 2.07. The highest BCUT2D eigenvalue weighted by Crippen LogP contribution is 2.38. The molecule has 16 heavy (non-hydrogen) atoms. The second-order valence-corrected chi connectivity index (χ2v) is 5.04. The van der Waals surface area contributed by atoms with Gasteiger partial charge in [0.05, 0.1) is 13.2 Å². The molecule has 0 saturated heterocycles. The van der Waals surface area contributed by atoms with Crippen molar-refractivity contribution in [2.24, 2.45) is 5.92 Å². The highest BCUT2D eigenvalue weighted by Gasteiger charge is 2.26. The Kier molecular flexibility index (Phi) is 2.70. The molecule has 2 aliphatic rings. The standard InChI is InChI=1S/C14H19NO/c1-15-14(6-10-2-3-10)11-4-5-12-8-16-9-13(12)7-11/h4-5,7,10,14-15H,2-3,6,8-9H2,1H3. The lowest BCUT2D eigenvalue weighted by atomic mass is 9.97. The van der Waals surface area contributed by atoms with Crippen molar-refractivity contribution in [3.05, 3.63) is 34.9 Å². The third-order valence-electron chi connectivity index (χ3n) is 3.76. The first kappa shape index (κ1) is 10.3. The van der Waals surface area contributed by atoms with Crippen molar-refractivity contribution in [3.8, 4) is 0 Å². The second-order valence-electron chi connectivity index (χ2n) is 5.04. The molecule has 1 aromatic rings. The Morgan fingerprint density at radius 3 is 2.88 bits per heavy atom. The predicted octanol–water partition coefficient (Wildman–Crippen LogP) is 2.78. The summed E-state index contributed by atoms with van der Waals surface area (Å²) in [5.41, 5.74) is 4.18. The minimum atomic E-state index is 0.526. The summed E-state index contributed by atoms with van der Waals surface area (Å²) in [6, 6.07) is 7.34. The van der Waals surface area contributed by atoms with Crippen molar-refractivity contribution in [2.45, 2.75) is 38.5 Å². The fourth-order valence-electron chi connectivity index (χ4n) is 2.52. The van der Waals surface area contributed by atoms with E-state index < -0.39 is 0 Å². The van der Waals surface area contributed by atoms with Crippen molar-refractivity contribution in [1.82, 2.24) is 5.32 Å². The van der Waals surface area contributed by atoms with Gasteiger partial charge >= 0.3 is 0 Å². The zero-order valence-electron chi connectivity index (χ0n) is 9.83. The summed E-state index contributed by atoms with van der Waals surface area (Å²) >= 11 is 0. The Morgan fingerprint density at radius 1 is 1.31 bits per heavy atom. The number of nitrogens with one attached hydrogen (secondary N) is 1. The Morgan fingerprint density at radius 2 is 2.12 bits per heavy atom. The molecule has 86 valence electrons. The van der Waals surface area contributed by atoms with Crippen LogP contribution < -0.4 is 5.32 Å². The molecule has 1 aliphatic heterocycles. The minimum Gasteiger partial charge on any atom is -0.372 e. The number of benzene rings is 1. The fraction of sp³-hybridized carbons (Fsp3) is 0.571. The molecule has 1 saturated carbocycles. The van der Waals surface area contributed by atoms with Gasteiger partial charge in [-0.05, 0) is 36.1 Å². The third kappa shape index (κ3) is 2.00. The molecular weight excluding hydrogens is 198 g/mol. The van der Waals surface area contributed by atoms with E-state index in [1.165, 1.54) is 36.0 Å². The molecule has 2 nitrogen and oxygen atoms in total. The van der Waals surface area contributed by atoms with Gasteiger partial charge in [-0.1, -0.05) is 31.0 Å². The largest absolute Gasteiger partial charge is 0.372 e. The van der Waals surface area contributed by atoms with Crippen LogP contribution in [-0.4, -0.2) is 7.05 Å². The minimum absolute atomic E-state index is 0.526. The van der Waals surface area contributed by atoms with E-state index in [1.807, 2.05) is 0 Å². The molecule has 1 heterocycles. The van der Waals surface area contributed by atoms with Gasteiger partial charge in [0.25, 0.3) is 0 Å². The summed E-state index contributed by atoms with van der Waals surface area (Å²) in [5.74, 6) is 0.960. The fourth-order valence-corrected chi connectivity index (χ4v) is 2.52. The zero-order valence-corrected chi connectivity index (χ0v) is 9.83. The first-order valence-corrected chi connectivity index (χ1v) is 6.23. The van der Waals surface area contributed by atoms with Crippen LogP contribution in [0.2, 0.25) is 0 Å². The van der Waals surface area contributed by atoms with E-state index in [9.17, 15) is 0 Å². The van der Waals surface area contributed by atoms with Crippen LogP contribution in [0.4, 0.5) is 0 Å². The number of rotatable bonds is 4. The first-order valence-electron chi connectivity index (χ1n) is 6.23. The van der Waals surface area contributed by atoms with E-state index in [1.54, 1.807) is 0 Å². The molecule has 1 atom stereocenters. The van der Waals surface area contributed by atoms with Gasteiger partial charge in [0.15, 0.2) is 0 Å². The van der Waals surface area contributed by atoms with E-state index in [2.05, 4.69) is 30.6 Å². The molecule has 0 bridgehead atoms. The lowest BCUT2D eigenvalue weighted by Crippen LogP contribution is -2.17. The topological polar surface area (TPSA) is 21.3 Å². The maximum atomic E-state index is 5.46. The van der Waals surface area contributed by atoms with Gasteiger partial charge in [-0.2, -0.15) is 0 Å². The molecule has 1 fully saturated rings. The van der Waals surface area contributed by atoms with Gasteiger partial charge in [-0.15, -0.1) is 0 Å². The van der Waals surface area contributed by atoms with E-state index in [0.717, 1.165) is 19.1 Å². The van der Waals surface area contributed by atoms with Gasteiger partial charge in [0, 0.05) is 6.04 Å². The molecule has 0 amide bonds. The lowest BCUT2D eigenvalue weighted by Gasteiger charge is -2.17.